The molecule has 0 aliphatic heterocycles. The molecule has 1 saturated carbocycles. The minimum absolute atomic E-state index is 0.168. The van der Waals surface area contributed by atoms with Gasteiger partial charge in [0.1, 0.15) is 0 Å². The number of aromatic nitrogens is 1. The molecule has 1 aliphatic rings. The number of hydrogen-bond acceptors (Lipinski definition) is 3. The maximum absolute atomic E-state index is 11.7. The van der Waals surface area contributed by atoms with Crippen LogP contribution in [0.1, 0.15) is 31.2 Å². The molecule has 0 radical (unpaired) electrons. The van der Waals surface area contributed by atoms with Gasteiger partial charge < -0.3 is 15.0 Å². The SMILES string of the molecule is O=C(COC(=O)CCCc1c[nH]c2ccccc12)NCC1CC1. The third-order valence-corrected chi connectivity index (χ3v) is 4.15. The van der Waals surface area contributed by atoms with Crippen LogP contribution in [0.4, 0.5) is 0 Å². The Bertz CT molecular complexity index is 688. The number of rotatable bonds is 8. The molecule has 1 heterocycles. The number of ether oxygens (including phenoxy) is 1. The summed E-state index contributed by atoms with van der Waals surface area (Å²) in [5.41, 5.74) is 2.31. The van der Waals surface area contributed by atoms with E-state index in [-0.39, 0.29) is 18.5 Å². The van der Waals surface area contributed by atoms with Gasteiger partial charge in [-0.3, -0.25) is 9.59 Å². The zero-order chi connectivity index (χ0) is 16.1. The lowest BCUT2D eigenvalue weighted by Gasteiger charge is -2.06. The highest BCUT2D eigenvalue weighted by atomic mass is 16.5. The molecule has 2 N–H and O–H groups in total. The summed E-state index contributed by atoms with van der Waals surface area (Å²) in [6.07, 6.45) is 6.22. The van der Waals surface area contributed by atoms with Gasteiger partial charge in [0, 0.05) is 30.1 Å². The van der Waals surface area contributed by atoms with Gasteiger partial charge >= 0.3 is 5.97 Å². The van der Waals surface area contributed by atoms with Crippen LogP contribution in [0.5, 0.6) is 0 Å². The lowest BCUT2D eigenvalue weighted by molar-refractivity contribution is -0.148. The van der Waals surface area contributed by atoms with Crippen molar-refractivity contribution in [2.24, 2.45) is 5.92 Å². The fraction of sp³-hybridized carbons (Fsp3) is 0.444. The number of aryl methyl sites for hydroxylation is 1. The molecule has 0 saturated heterocycles. The lowest BCUT2D eigenvalue weighted by atomic mass is 10.1. The van der Waals surface area contributed by atoms with E-state index in [4.69, 9.17) is 4.74 Å². The van der Waals surface area contributed by atoms with Crippen LogP contribution in [-0.2, 0) is 20.7 Å². The van der Waals surface area contributed by atoms with Crippen LogP contribution >= 0.6 is 0 Å². The average molecular weight is 314 g/mol. The van der Waals surface area contributed by atoms with E-state index in [0.717, 1.165) is 11.9 Å². The summed E-state index contributed by atoms with van der Waals surface area (Å²) in [5.74, 6) is 0.110. The molecule has 122 valence electrons. The molecular formula is C18H22N2O3. The predicted molar refractivity (Wildman–Crippen MR) is 87.9 cm³/mol. The highest BCUT2D eigenvalue weighted by Crippen LogP contribution is 2.27. The van der Waals surface area contributed by atoms with E-state index in [9.17, 15) is 9.59 Å². The molecule has 0 spiro atoms. The van der Waals surface area contributed by atoms with Gasteiger partial charge in [0.05, 0.1) is 0 Å². The number of carbonyl (C=O) groups is 2. The van der Waals surface area contributed by atoms with E-state index in [2.05, 4.69) is 16.4 Å². The standard InChI is InChI=1S/C18H22N2O3/c21-17(20-10-13-8-9-13)12-23-18(22)7-3-4-14-11-19-16-6-2-1-5-15(14)16/h1-2,5-6,11,13,19H,3-4,7-10,12H2,(H,20,21). The molecule has 5 heteroatoms. The van der Waals surface area contributed by atoms with Crippen molar-refractivity contribution >= 4 is 22.8 Å². The minimum atomic E-state index is -0.314. The van der Waals surface area contributed by atoms with E-state index in [1.165, 1.54) is 23.8 Å². The number of carbonyl (C=O) groups excluding carboxylic acids is 2. The number of hydrogen-bond donors (Lipinski definition) is 2. The number of esters is 1. The molecule has 3 rings (SSSR count). The molecule has 2 aromatic rings. The van der Waals surface area contributed by atoms with E-state index in [1.807, 2.05) is 24.4 Å². The smallest absolute Gasteiger partial charge is 0.306 e. The summed E-state index contributed by atoms with van der Waals surface area (Å²) < 4.78 is 5.00. The van der Waals surface area contributed by atoms with Crippen molar-refractivity contribution in [2.45, 2.75) is 32.1 Å². The van der Waals surface area contributed by atoms with Gasteiger partial charge in [-0.05, 0) is 43.2 Å². The fourth-order valence-electron chi connectivity index (χ4n) is 2.61. The first-order valence-electron chi connectivity index (χ1n) is 8.19. The van der Waals surface area contributed by atoms with Crippen LogP contribution in [-0.4, -0.2) is 30.0 Å². The normalized spacial score (nSPS) is 13.9. The molecule has 1 amide bonds. The van der Waals surface area contributed by atoms with Crippen molar-refractivity contribution in [2.75, 3.05) is 13.2 Å². The topological polar surface area (TPSA) is 71.2 Å². The summed E-state index contributed by atoms with van der Waals surface area (Å²) >= 11 is 0. The van der Waals surface area contributed by atoms with Gasteiger partial charge in [0.15, 0.2) is 6.61 Å². The van der Waals surface area contributed by atoms with Gasteiger partial charge in [-0.2, -0.15) is 0 Å². The van der Waals surface area contributed by atoms with Gasteiger partial charge in [0.25, 0.3) is 5.91 Å². The monoisotopic (exact) mass is 314 g/mol. The fourth-order valence-corrected chi connectivity index (χ4v) is 2.61. The molecule has 1 aliphatic carbocycles. The van der Waals surface area contributed by atoms with Crippen molar-refractivity contribution in [3.63, 3.8) is 0 Å². The number of benzene rings is 1. The summed E-state index contributed by atoms with van der Waals surface area (Å²) in [6, 6.07) is 8.11. The van der Waals surface area contributed by atoms with E-state index in [1.54, 1.807) is 0 Å². The summed E-state index contributed by atoms with van der Waals surface area (Å²) in [6.45, 7) is 0.537. The Morgan fingerprint density at radius 3 is 2.91 bits per heavy atom. The first kappa shape index (κ1) is 15.6. The summed E-state index contributed by atoms with van der Waals surface area (Å²) in [4.78, 5) is 26.4. The Labute approximate surface area is 135 Å². The van der Waals surface area contributed by atoms with Gasteiger partial charge in [-0.1, -0.05) is 18.2 Å². The van der Waals surface area contributed by atoms with Crippen molar-refractivity contribution < 1.29 is 14.3 Å². The molecule has 0 unspecified atom stereocenters. The van der Waals surface area contributed by atoms with E-state index >= 15 is 0 Å². The van der Waals surface area contributed by atoms with Gasteiger partial charge in [-0.25, -0.2) is 0 Å². The van der Waals surface area contributed by atoms with E-state index in [0.29, 0.717) is 25.3 Å². The molecule has 0 bridgehead atoms. The Morgan fingerprint density at radius 2 is 2.09 bits per heavy atom. The Kier molecular flexibility index (Phi) is 4.95. The van der Waals surface area contributed by atoms with Crippen molar-refractivity contribution in [1.82, 2.24) is 10.3 Å². The van der Waals surface area contributed by atoms with Crippen LogP contribution in [0.15, 0.2) is 30.5 Å². The lowest BCUT2D eigenvalue weighted by Crippen LogP contribution is -2.30. The van der Waals surface area contributed by atoms with Crippen LogP contribution in [0.3, 0.4) is 0 Å². The second-order valence-corrected chi connectivity index (χ2v) is 6.12. The highest BCUT2D eigenvalue weighted by Gasteiger charge is 2.21. The second-order valence-electron chi connectivity index (χ2n) is 6.12. The molecule has 1 aromatic carbocycles. The first-order chi connectivity index (χ1) is 11.2. The third-order valence-electron chi connectivity index (χ3n) is 4.15. The van der Waals surface area contributed by atoms with Gasteiger partial charge in [0.2, 0.25) is 0 Å². The van der Waals surface area contributed by atoms with Crippen LogP contribution in [0.2, 0.25) is 0 Å². The van der Waals surface area contributed by atoms with Crippen molar-refractivity contribution in [3.8, 4) is 0 Å². The molecule has 5 nitrogen and oxygen atoms in total. The number of para-hydroxylation sites is 1. The maximum Gasteiger partial charge on any atom is 0.306 e. The second kappa shape index (κ2) is 7.31. The molecule has 1 fully saturated rings. The van der Waals surface area contributed by atoms with Crippen LogP contribution < -0.4 is 5.32 Å². The number of amides is 1. The molecule has 1 aromatic heterocycles. The minimum Gasteiger partial charge on any atom is -0.456 e. The van der Waals surface area contributed by atoms with Crippen LogP contribution in [0.25, 0.3) is 10.9 Å². The number of H-pyrrole nitrogens is 1. The molecule has 0 atom stereocenters. The quantitative estimate of drug-likeness (QED) is 0.736. The summed E-state index contributed by atoms with van der Waals surface area (Å²) in [5, 5.41) is 3.97. The Balaban J connectivity index is 1.34. The average Bonchev–Trinajstić information content (AvgIpc) is 3.31. The van der Waals surface area contributed by atoms with Crippen molar-refractivity contribution in [3.05, 3.63) is 36.0 Å². The Hall–Kier alpha value is -2.30. The predicted octanol–water partition coefficient (Wildman–Crippen LogP) is 2.56. The third kappa shape index (κ3) is 4.58. The van der Waals surface area contributed by atoms with Crippen molar-refractivity contribution in [1.29, 1.82) is 0 Å². The summed E-state index contributed by atoms with van der Waals surface area (Å²) in [7, 11) is 0. The first-order valence-corrected chi connectivity index (χ1v) is 8.19. The van der Waals surface area contributed by atoms with Crippen LogP contribution in [0, 0.1) is 5.92 Å². The Morgan fingerprint density at radius 1 is 1.26 bits per heavy atom. The molecule has 23 heavy (non-hydrogen) atoms. The molecular weight excluding hydrogens is 292 g/mol. The zero-order valence-corrected chi connectivity index (χ0v) is 13.1. The number of aromatic amines is 1. The largest absolute Gasteiger partial charge is 0.456 e. The number of nitrogens with one attached hydrogen (secondary N) is 2. The van der Waals surface area contributed by atoms with Gasteiger partial charge in [-0.15, -0.1) is 0 Å². The van der Waals surface area contributed by atoms with E-state index < -0.39 is 0 Å². The zero-order valence-electron chi connectivity index (χ0n) is 13.1. The highest BCUT2D eigenvalue weighted by molar-refractivity contribution is 5.83. The maximum atomic E-state index is 11.7. The number of fused-ring (bicyclic) bond motifs is 1.